The van der Waals surface area contributed by atoms with E-state index >= 15 is 0 Å². The van der Waals surface area contributed by atoms with Crippen LogP contribution in [0.5, 0.6) is 0 Å². The predicted octanol–water partition coefficient (Wildman–Crippen LogP) is 5.76. The van der Waals surface area contributed by atoms with Gasteiger partial charge >= 0.3 is 6.03 Å². The molecule has 3 aromatic rings. The Morgan fingerprint density at radius 1 is 1.00 bits per heavy atom. The van der Waals surface area contributed by atoms with Crippen LogP contribution in [-0.2, 0) is 0 Å². The summed E-state index contributed by atoms with van der Waals surface area (Å²) >= 11 is 13.3. The van der Waals surface area contributed by atoms with E-state index in [9.17, 15) is 4.79 Å². The summed E-state index contributed by atoms with van der Waals surface area (Å²) in [4.78, 5) is 16.3. The van der Waals surface area contributed by atoms with Crippen molar-refractivity contribution in [3.8, 4) is 11.3 Å². The number of hydrogen-bond acceptors (Lipinski definition) is 3. The van der Waals surface area contributed by atoms with E-state index in [-0.39, 0.29) is 6.03 Å². The molecule has 0 aliphatic rings. The average Bonchev–Trinajstić information content (AvgIpc) is 2.98. The normalized spacial score (nSPS) is 10.3. The standard InChI is InChI=1S/C16H11Cl2N3OS/c17-10-5-7-11(8-6-10)19-15(22)21-16-20-14(9-23-16)12-3-1-2-4-13(12)18/h1-9H,(H2,19,20,21,22). The zero-order valence-corrected chi connectivity index (χ0v) is 14.0. The van der Waals surface area contributed by atoms with Crippen LogP contribution in [0.15, 0.2) is 53.9 Å². The number of carbonyl (C=O) groups is 1. The van der Waals surface area contributed by atoms with Gasteiger partial charge in [0.25, 0.3) is 0 Å². The van der Waals surface area contributed by atoms with Crippen LogP contribution in [0.1, 0.15) is 0 Å². The molecule has 0 unspecified atom stereocenters. The van der Waals surface area contributed by atoms with Gasteiger partial charge in [0, 0.05) is 26.7 Å². The van der Waals surface area contributed by atoms with Crippen LogP contribution >= 0.6 is 34.5 Å². The molecule has 0 saturated heterocycles. The Morgan fingerprint density at radius 2 is 1.74 bits per heavy atom. The number of rotatable bonds is 3. The van der Waals surface area contributed by atoms with Crippen LogP contribution in [0, 0.1) is 0 Å². The molecule has 0 aliphatic heterocycles. The number of benzene rings is 2. The number of aromatic nitrogens is 1. The quantitative estimate of drug-likeness (QED) is 0.621. The fraction of sp³-hybridized carbons (Fsp3) is 0. The summed E-state index contributed by atoms with van der Waals surface area (Å²) in [7, 11) is 0. The molecule has 0 fully saturated rings. The number of anilines is 2. The molecule has 23 heavy (non-hydrogen) atoms. The van der Waals surface area contributed by atoms with Gasteiger partial charge in [-0.1, -0.05) is 41.4 Å². The highest BCUT2D eigenvalue weighted by Crippen LogP contribution is 2.30. The Kier molecular flexibility index (Phi) is 4.81. The molecule has 0 atom stereocenters. The topological polar surface area (TPSA) is 54.0 Å². The first kappa shape index (κ1) is 15.8. The Labute approximate surface area is 147 Å². The van der Waals surface area contributed by atoms with Crippen LogP contribution < -0.4 is 10.6 Å². The summed E-state index contributed by atoms with van der Waals surface area (Å²) in [5.74, 6) is 0. The highest BCUT2D eigenvalue weighted by Gasteiger charge is 2.10. The monoisotopic (exact) mass is 363 g/mol. The summed E-state index contributed by atoms with van der Waals surface area (Å²) in [5, 5.41) is 8.98. The molecule has 0 saturated carbocycles. The van der Waals surface area contributed by atoms with Gasteiger partial charge in [-0.05, 0) is 30.3 Å². The Hall–Kier alpha value is -2.08. The Morgan fingerprint density at radius 3 is 2.48 bits per heavy atom. The van der Waals surface area contributed by atoms with Crippen molar-refractivity contribution >= 4 is 51.4 Å². The Bertz CT molecular complexity index is 833. The summed E-state index contributed by atoms with van der Waals surface area (Å²) in [6.45, 7) is 0. The molecule has 0 radical (unpaired) electrons. The smallest absolute Gasteiger partial charge is 0.308 e. The number of carbonyl (C=O) groups excluding carboxylic acids is 1. The van der Waals surface area contributed by atoms with Crippen molar-refractivity contribution in [3.63, 3.8) is 0 Å². The molecule has 1 heterocycles. The van der Waals surface area contributed by atoms with Crippen LogP contribution in [0.4, 0.5) is 15.6 Å². The molecule has 2 N–H and O–H groups in total. The second kappa shape index (κ2) is 7.00. The maximum Gasteiger partial charge on any atom is 0.325 e. The van der Waals surface area contributed by atoms with E-state index in [1.807, 2.05) is 23.6 Å². The third-order valence-electron chi connectivity index (χ3n) is 2.98. The fourth-order valence-corrected chi connectivity index (χ4v) is 2.98. The number of thiazole rings is 1. The van der Waals surface area contributed by atoms with Crippen molar-refractivity contribution in [2.45, 2.75) is 0 Å². The van der Waals surface area contributed by atoms with Crippen molar-refractivity contribution in [1.82, 2.24) is 4.98 Å². The van der Waals surface area contributed by atoms with Crippen LogP contribution in [0.25, 0.3) is 11.3 Å². The molecule has 3 rings (SSSR count). The molecule has 4 nitrogen and oxygen atoms in total. The summed E-state index contributed by atoms with van der Waals surface area (Å²) in [5.41, 5.74) is 2.20. The number of nitrogens with one attached hydrogen (secondary N) is 2. The molecule has 1 aromatic heterocycles. The van der Waals surface area contributed by atoms with Crippen molar-refractivity contribution in [2.24, 2.45) is 0 Å². The van der Waals surface area contributed by atoms with Gasteiger partial charge < -0.3 is 5.32 Å². The maximum absolute atomic E-state index is 12.0. The maximum atomic E-state index is 12.0. The summed E-state index contributed by atoms with van der Waals surface area (Å²) in [6.07, 6.45) is 0. The molecular weight excluding hydrogens is 353 g/mol. The minimum atomic E-state index is -0.368. The second-order valence-electron chi connectivity index (χ2n) is 4.60. The predicted molar refractivity (Wildman–Crippen MR) is 96.7 cm³/mol. The van der Waals surface area contributed by atoms with Crippen molar-refractivity contribution in [3.05, 3.63) is 64.0 Å². The zero-order chi connectivity index (χ0) is 16.2. The molecule has 7 heteroatoms. The fourth-order valence-electron chi connectivity index (χ4n) is 1.92. The minimum Gasteiger partial charge on any atom is -0.308 e. The molecular formula is C16H11Cl2N3OS. The Balaban J connectivity index is 1.68. The molecule has 0 spiro atoms. The van der Waals surface area contributed by atoms with Gasteiger partial charge in [0.15, 0.2) is 5.13 Å². The molecule has 0 bridgehead atoms. The summed E-state index contributed by atoms with van der Waals surface area (Å²) in [6, 6.07) is 13.9. The van der Waals surface area contributed by atoms with E-state index in [1.54, 1.807) is 30.3 Å². The van der Waals surface area contributed by atoms with E-state index in [0.29, 0.717) is 20.9 Å². The molecule has 0 aliphatic carbocycles. The first-order chi connectivity index (χ1) is 11.1. The van der Waals surface area contributed by atoms with E-state index in [2.05, 4.69) is 15.6 Å². The zero-order valence-electron chi connectivity index (χ0n) is 11.7. The number of amides is 2. The lowest BCUT2D eigenvalue weighted by atomic mass is 10.2. The van der Waals surface area contributed by atoms with E-state index in [4.69, 9.17) is 23.2 Å². The number of hydrogen-bond donors (Lipinski definition) is 2. The van der Waals surface area contributed by atoms with Crippen LogP contribution in [0.2, 0.25) is 10.0 Å². The van der Waals surface area contributed by atoms with Crippen LogP contribution in [0.3, 0.4) is 0 Å². The lowest BCUT2D eigenvalue weighted by molar-refractivity contribution is 0.262. The van der Waals surface area contributed by atoms with Crippen molar-refractivity contribution < 1.29 is 4.79 Å². The van der Waals surface area contributed by atoms with Crippen molar-refractivity contribution in [1.29, 1.82) is 0 Å². The van der Waals surface area contributed by atoms with Crippen molar-refractivity contribution in [2.75, 3.05) is 10.6 Å². The second-order valence-corrected chi connectivity index (χ2v) is 6.31. The largest absolute Gasteiger partial charge is 0.325 e. The summed E-state index contributed by atoms with van der Waals surface area (Å²) < 4.78 is 0. The number of urea groups is 1. The lowest BCUT2D eigenvalue weighted by Crippen LogP contribution is -2.19. The number of nitrogens with zero attached hydrogens (tertiary/aromatic N) is 1. The van der Waals surface area contributed by atoms with Gasteiger partial charge in [-0.25, -0.2) is 9.78 Å². The van der Waals surface area contributed by atoms with Gasteiger partial charge in [0.1, 0.15) is 0 Å². The lowest BCUT2D eigenvalue weighted by Gasteiger charge is -2.05. The van der Waals surface area contributed by atoms with Crippen LogP contribution in [-0.4, -0.2) is 11.0 Å². The van der Waals surface area contributed by atoms with Gasteiger partial charge in [-0.2, -0.15) is 0 Å². The van der Waals surface area contributed by atoms with Gasteiger partial charge in [-0.15, -0.1) is 11.3 Å². The van der Waals surface area contributed by atoms with E-state index in [1.165, 1.54) is 11.3 Å². The third-order valence-corrected chi connectivity index (χ3v) is 4.32. The SMILES string of the molecule is O=C(Nc1ccc(Cl)cc1)Nc1nc(-c2ccccc2Cl)cs1. The number of halogens is 2. The third kappa shape index (κ3) is 4.01. The first-order valence-electron chi connectivity index (χ1n) is 6.66. The van der Waals surface area contributed by atoms with Gasteiger partial charge in [-0.3, -0.25) is 5.32 Å². The average molecular weight is 364 g/mol. The molecule has 2 aromatic carbocycles. The van der Waals surface area contributed by atoms with Gasteiger partial charge in [0.2, 0.25) is 0 Å². The molecule has 116 valence electrons. The van der Waals surface area contributed by atoms with E-state index < -0.39 is 0 Å². The van der Waals surface area contributed by atoms with E-state index in [0.717, 1.165) is 11.3 Å². The molecule has 2 amide bonds. The van der Waals surface area contributed by atoms with Gasteiger partial charge in [0.05, 0.1) is 5.69 Å². The minimum absolute atomic E-state index is 0.368. The highest BCUT2D eigenvalue weighted by molar-refractivity contribution is 7.14. The highest BCUT2D eigenvalue weighted by atomic mass is 35.5. The first-order valence-corrected chi connectivity index (χ1v) is 8.29.